The average molecular weight is 252 g/mol. The van der Waals surface area contributed by atoms with Gasteiger partial charge in [0.05, 0.1) is 24.4 Å². The molecule has 1 aliphatic rings. The zero-order chi connectivity index (χ0) is 13.2. The molecule has 0 saturated heterocycles. The molecule has 0 spiro atoms. The van der Waals surface area contributed by atoms with Crippen LogP contribution in [-0.4, -0.2) is 26.2 Å². The first kappa shape index (κ1) is 13.5. The van der Waals surface area contributed by atoms with Crippen molar-refractivity contribution in [3.63, 3.8) is 0 Å². The maximum absolute atomic E-state index is 10.1. The zero-order valence-electron chi connectivity index (χ0n) is 11.3. The van der Waals surface area contributed by atoms with E-state index in [1.807, 2.05) is 20.0 Å². The summed E-state index contributed by atoms with van der Waals surface area (Å²) in [6.07, 6.45) is 7.52. The highest BCUT2D eigenvalue weighted by Gasteiger charge is 2.21. The van der Waals surface area contributed by atoms with Gasteiger partial charge in [0, 0.05) is 0 Å². The second-order valence-corrected chi connectivity index (χ2v) is 6.09. The fraction of sp³-hybridized carbons (Fsp3) is 0.846. The molecule has 1 aliphatic carbocycles. The van der Waals surface area contributed by atoms with Crippen LogP contribution in [0.4, 0.5) is 0 Å². The van der Waals surface area contributed by atoms with Crippen LogP contribution in [0.2, 0.25) is 0 Å². The van der Waals surface area contributed by atoms with Crippen molar-refractivity contribution in [2.45, 2.75) is 64.1 Å². The molecule has 1 atom stereocenters. The molecule has 1 unspecified atom stereocenters. The first-order chi connectivity index (χ1) is 8.45. The minimum absolute atomic E-state index is 0.330. The highest BCUT2D eigenvalue weighted by atomic mass is 16.3. The van der Waals surface area contributed by atoms with Crippen LogP contribution in [0.3, 0.4) is 0 Å². The van der Waals surface area contributed by atoms with Gasteiger partial charge in [-0.05, 0) is 26.2 Å². The summed E-state index contributed by atoms with van der Waals surface area (Å²) >= 11 is 0. The lowest BCUT2D eigenvalue weighted by molar-refractivity contribution is 0.120. The Hall–Kier alpha value is -0.940. The number of nitrogens with zero attached hydrogens (tertiary/aromatic N) is 3. The predicted molar refractivity (Wildman–Crippen MR) is 69.8 cm³/mol. The van der Waals surface area contributed by atoms with E-state index in [1.165, 1.54) is 25.7 Å². The van der Waals surface area contributed by atoms with Gasteiger partial charge in [-0.25, -0.2) is 4.68 Å². The molecule has 0 amide bonds. The van der Waals surface area contributed by atoms with Gasteiger partial charge in [0.15, 0.2) is 0 Å². The van der Waals surface area contributed by atoms with Crippen molar-refractivity contribution in [2.24, 2.45) is 11.7 Å². The second kappa shape index (κ2) is 5.36. The summed E-state index contributed by atoms with van der Waals surface area (Å²) in [6, 6.07) is 0. The summed E-state index contributed by atoms with van der Waals surface area (Å²) in [5.41, 5.74) is 6.24. The van der Waals surface area contributed by atoms with E-state index < -0.39 is 5.54 Å². The Morgan fingerprint density at radius 3 is 2.72 bits per heavy atom. The van der Waals surface area contributed by atoms with Crippen molar-refractivity contribution in [1.29, 1.82) is 0 Å². The molecule has 1 fully saturated rings. The van der Waals surface area contributed by atoms with Gasteiger partial charge < -0.3 is 10.8 Å². The predicted octanol–water partition coefficient (Wildman–Crippen LogP) is 1.41. The van der Waals surface area contributed by atoms with Crippen molar-refractivity contribution < 1.29 is 5.11 Å². The van der Waals surface area contributed by atoms with Crippen LogP contribution in [0, 0.1) is 5.92 Å². The van der Waals surface area contributed by atoms with Gasteiger partial charge >= 0.3 is 0 Å². The van der Waals surface area contributed by atoms with Gasteiger partial charge in [-0.15, -0.1) is 5.10 Å². The Balaban J connectivity index is 1.86. The van der Waals surface area contributed by atoms with Crippen LogP contribution in [0.15, 0.2) is 6.20 Å². The summed E-state index contributed by atoms with van der Waals surface area (Å²) < 4.78 is 1.70. The van der Waals surface area contributed by atoms with Crippen LogP contribution in [0.1, 0.15) is 51.6 Å². The van der Waals surface area contributed by atoms with E-state index in [1.54, 1.807) is 4.68 Å². The zero-order valence-corrected chi connectivity index (χ0v) is 11.3. The van der Waals surface area contributed by atoms with Crippen LogP contribution >= 0.6 is 0 Å². The van der Waals surface area contributed by atoms with E-state index >= 15 is 0 Å². The van der Waals surface area contributed by atoms with Gasteiger partial charge in [-0.2, -0.15) is 0 Å². The summed E-state index contributed by atoms with van der Waals surface area (Å²) in [7, 11) is 0. The third-order valence-corrected chi connectivity index (χ3v) is 3.68. The second-order valence-electron chi connectivity index (χ2n) is 6.09. The standard InChI is InChI=1S/C13H24N4O/c1-13(2,14)12-9-17(16-15-12)8-11(18)7-10-5-3-4-6-10/h9-11,18H,3-8,14H2,1-2H3. The maximum atomic E-state index is 10.1. The summed E-state index contributed by atoms with van der Waals surface area (Å²) in [5, 5.41) is 18.1. The molecule has 18 heavy (non-hydrogen) atoms. The van der Waals surface area contributed by atoms with Crippen molar-refractivity contribution in [3.8, 4) is 0 Å². The molecular weight excluding hydrogens is 228 g/mol. The minimum atomic E-state index is -0.478. The normalized spacial score (nSPS) is 19.3. The minimum Gasteiger partial charge on any atom is -0.391 e. The van der Waals surface area contributed by atoms with Crippen LogP contribution in [-0.2, 0) is 12.1 Å². The van der Waals surface area contributed by atoms with E-state index in [2.05, 4.69) is 10.3 Å². The van der Waals surface area contributed by atoms with Gasteiger partial charge in [-0.3, -0.25) is 0 Å². The highest BCUT2D eigenvalue weighted by Crippen LogP contribution is 2.28. The average Bonchev–Trinajstić information content (AvgIpc) is 2.87. The van der Waals surface area contributed by atoms with Gasteiger partial charge in [-0.1, -0.05) is 30.9 Å². The molecule has 1 aromatic heterocycles. The molecule has 1 aromatic rings. The van der Waals surface area contributed by atoms with Crippen LogP contribution < -0.4 is 5.73 Å². The van der Waals surface area contributed by atoms with Gasteiger partial charge in [0.25, 0.3) is 0 Å². The maximum Gasteiger partial charge on any atom is 0.102 e. The Kier molecular flexibility index (Phi) is 4.02. The van der Waals surface area contributed by atoms with E-state index in [4.69, 9.17) is 5.73 Å². The molecule has 0 radical (unpaired) electrons. The number of nitrogens with two attached hydrogens (primary N) is 1. The van der Waals surface area contributed by atoms with E-state index in [-0.39, 0.29) is 6.10 Å². The molecular formula is C13H24N4O. The monoisotopic (exact) mass is 252 g/mol. The topological polar surface area (TPSA) is 77.0 Å². The van der Waals surface area contributed by atoms with Crippen LogP contribution in [0.25, 0.3) is 0 Å². The molecule has 2 rings (SSSR count). The Bertz CT molecular complexity index is 377. The molecule has 1 heterocycles. The molecule has 0 aromatic carbocycles. The number of hydrogen-bond donors (Lipinski definition) is 2. The van der Waals surface area contributed by atoms with Crippen molar-refractivity contribution >= 4 is 0 Å². The first-order valence-corrected chi connectivity index (χ1v) is 6.82. The fourth-order valence-electron chi connectivity index (χ4n) is 2.60. The Labute approximate surface area is 108 Å². The quantitative estimate of drug-likeness (QED) is 0.830. The number of aliphatic hydroxyl groups excluding tert-OH is 1. The smallest absolute Gasteiger partial charge is 0.102 e. The number of aromatic nitrogens is 3. The number of aliphatic hydroxyl groups is 1. The number of hydrogen-bond acceptors (Lipinski definition) is 4. The molecule has 5 nitrogen and oxygen atoms in total. The Morgan fingerprint density at radius 2 is 2.17 bits per heavy atom. The van der Waals surface area contributed by atoms with Gasteiger partial charge in [0.1, 0.15) is 5.69 Å². The Morgan fingerprint density at radius 1 is 1.50 bits per heavy atom. The summed E-state index contributed by atoms with van der Waals surface area (Å²) in [6.45, 7) is 4.31. The third-order valence-electron chi connectivity index (χ3n) is 3.68. The molecule has 102 valence electrons. The summed E-state index contributed by atoms with van der Waals surface area (Å²) in [4.78, 5) is 0. The lowest BCUT2D eigenvalue weighted by Gasteiger charge is -2.15. The van der Waals surface area contributed by atoms with Crippen molar-refractivity contribution in [3.05, 3.63) is 11.9 Å². The molecule has 0 bridgehead atoms. The SMILES string of the molecule is CC(C)(N)c1cn(CC(O)CC2CCCC2)nn1. The summed E-state index contributed by atoms with van der Waals surface area (Å²) in [5.74, 6) is 0.689. The molecule has 0 aliphatic heterocycles. The molecule has 5 heteroatoms. The van der Waals surface area contributed by atoms with Crippen molar-refractivity contribution in [1.82, 2.24) is 15.0 Å². The highest BCUT2D eigenvalue weighted by molar-refractivity contribution is 5.05. The lowest BCUT2D eigenvalue weighted by atomic mass is 10.00. The van der Waals surface area contributed by atoms with E-state index in [9.17, 15) is 5.11 Å². The van der Waals surface area contributed by atoms with Gasteiger partial charge in [0.2, 0.25) is 0 Å². The first-order valence-electron chi connectivity index (χ1n) is 6.82. The van der Waals surface area contributed by atoms with Crippen LogP contribution in [0.5, 0.6) is 0 Å². The molecule has 3 N–H and O–H groups in total. The third kappa shape index (κ3) is 3.53. The molecule has 1 saturated carbocycles. The fourth-order valence-corrected chi connectivity index (χ4v) is 2.60. The largest absolute Gasteiger partial charge is 0.391 e. The lowest BCUT2D eigenvalue weighted by Crippen LogP contribution is -2.29. The van der Waals surface area contributed by atoms with Crippen molar-refractivity contribution in [2.75, 3.05) is 0 Å². The van der Waals surface area contributed by atoms with E-state index in [0.29, 0.717) is 12.5 Å². The number of rotatable bonds is 5. The van der Waals surface area contributed by atoms with E-state index in [0.717, 1.165) is 12.1 Å².